The molecule has 4 aromatic rings. The normalized spacial score (nSPS) is 12.0. The molecule has 0 unspecified atom stereocenters. The predicted molar refractivity (Wildman–Crippen MR) is 154 cm³/mol. The summed E-state index contributed by atoms with van der Waals surface area (Å²) in [5.41, 5.74) is 10.2. The Balaban J connectivity index is 1.56. The fourth-order valence-electron chi connectivity index (χ4n) is 5.05. The molecule has 0 aliphatic rings. The van der Waals surface area contributed by atoms with E-state index in [0.29, 0.717) is 13.0 Å². The number of pyridine rings is 1. The van der Waals surface area contributed by atoms with Crippen molar-refractivity contribution in [3.8, 4) is 5.69 Å². The van der Waals surface area contributed by atoms with E-state index in [-0.39, 0.29) is 24.7 Å². The molecule has 204 valence electrons. The molecule has 2 aromatic heterocycles. The molecule has 0 saturated carbocycles. The van der Waals surface area contributed by atoms with Gasteiger partial charge in [-0.15, -0.1) is 0 Å². The van der Waals surface area contributed by atoms with Gasteiger partial charge in [0.05, 0.1) is 30.5 Å². The number of hydrogen-bond acceptors (Lipinski definition) is 5. The summed E-state index contributed by atoms with van der Waals surface area (Å²) in [7, 11) is 0. The molecule has 0 spiro atoms. The monoisotopic (exact) mass is 526 g/mol. The lowest BCUT2D eigenvalue weighted by Crippen LogP contribution is -2.31. The van der Waals surface area contributed by atoms with Crippen LogP contribution >= 0.6 is 0 Å². The lowest BCUT2D eigenvalue weighted by atomic mass is 9.98. The Bertz CT molecular complexity index is 1520. The average Bonchev–Trinajstić information content (AvgIpc) is 3.21. The van der Waals surface area contributed by atoms with Crippen molar-refractivity contribution in [3.63, 3.8) is 0 Å². The Morgan fingerprint density at radius 2 is 1.67 bits per heavy atom. The van der Waals surface area contributed by atoms with Gasteiger partial charge in [0, 0.05) is 17.5 Å². The molecule has 0 aliphatic carbocycles. The zero-order valence-corrected chi connectivity index (χ0v) is 24.0. The van der Waals surface area contributed by atoms with E-state index in [1.54, 1.807) is 6.92 Å². The number of ether oxygens (including phenoxy) is 1. The van der Waals surface area contributed by atoms with Crippen molar-refractivity contribution in [2.45, 2.75) is 73.8 Å². The van der Waals surface area contributed by atoms with Crippen molar-refractivity contribution >= 4 is 22.9 Å². The highest BCUT2D eigenvalue weighted by atomic mass is 16.5. The van der Waals surface area contributed by atoms with Crippen LogP contribution in [0.2, 0.25) is 0 Å². The van der Waals surface area contributed by atoms with E-state index in [0.717, 1.165) is 50.4 Å². The van der Waals surface area contributed by atoms with Crippen molar-refractivity contribution in [2.75, 3.05) is 6.61 Å². The molecule has 0 bridgehead atoms. The molecule has 1 amide bonds. The van der Waals surface area contributed by atoms with Crippen molar-refractivity contribution < 1.29 is 14.3 Å². The SMILES string of the molecule is CCOC(=O)C[C@H](NC(=O)CCc1c(C)nc2c(c(C)nn2-c2ccc(C)c(C)c2)c1C)c1ccc(C)cc1. The number of benzene rings is 2. The van der Waals surface area contributed by atoms with Gasteiger partial charge in [-0.05, 0) is 94.8 Å². The first-order chi connectivity index (χ1) is 18.6. The van der Waals surface area contributed by atoms with E-state index < -0.39 is 6.04 Å². The van der Waals surface area contributed by atoms with Crippen LogP contribution in [-0.4, -0.2) is 33.2 Å². The first kappa shape index (κ1) is 28.0. The van der Waals surface area contributed by atoms with Crippen molar-refractivity contribution in [1.29, 1.82) is 0 Å². The number of fused-ring (bicyclic) bond motifs is 1. The maximum atomic E-state index is 13.1. The maximum Gasteiger partial charge on any atom is 0.308 e. The number of aromatic nitrogens is 3. The van der Waals surface area contributed by atoms with Gasteiger partial charge in [-0.2, -0.15) is 5.10 Å². The summed E-state index contributed by atoms with van der Waals surface area (Å²) in [5.74, 6) is -0.452. The summed E-state index contributed by atoms with van der Waals surface area (Å²) in [6, 6.07) is 13.7. The highest BCUT2D eigenvalue weighted by Gasteiger charge is 2.21. The average molecular weight is 527 g/mol. The molecule has 39 heavy (non-hydrogen) atoms. The minimum atomic E-state index is -0.446. The summed E-state index contributed by atoms with van der Waals surface area (Å²) < 4.78 is 7.06. The van der Waals surface area contributed by atoms with Crippen LogP contribution in [0.4, 0.5) is 0 Å². The first-order valence-corrected chi connectivity index (χ1v) is 13.5. The lowest BCUT2D eigenvalue weighted by molar-refractivity contribution is -0.143. The minimum absolute atomic E-state index is 0.0884. The highest BCUT2D eigenvalue weighted by Crippen LogP contribution is 2.29. The van der Waals surface area contributed by atoms with Gasteiger partial charge in [0.15, 0.2) is 5.65 Å². The molecule has 7 nitrogen and oxygen atoms in total. The number of carbonyl (C=O) groups is 2. The zero-order valence-electron chi connectivity index (χ0n) is 24.0. The van der Waals surface area contributed by atoms with E-state index >= 15 is 0 Å². The number of esters is 1. The summed E-state index contributed by atoms with van der Waals surface area (Å²) >= 11 is 0. The van der Waals surface area contributed by atoms with E-state index in [4.69, 9.17) is 14.8 Å². The molecule has 0 aliphatic heterocycles. The summed E-state index contributed by atoms with van der Waals surface area (Å²) in [6.07, 6.45) is 0.913. The van der Waals surface area contributed by atoms with Gasteiger partial charge in [0.1, 0.15) is 0 Å². The molecule has 1 N–H and O–H groups in total. The Labute approximate surface area is 230 Å². The minimum Gasteiger partial charge on any atom is -0.466 e. The van der Waals surface area contributed by atoms with Gasteiger partial charge in [-0.1, -0.05) is 35.9 Å². The standard InChI is InChI=1S/C32H38N4O3/c1-8-39-30(38)18-28(25-12-9-19(2)10-13-25)34-29(37)16-15-27-22(5)31-24(7)35-36(32(31)33-23(27)6)26-14-11-20(3)21(4)17-26/h9-14,17,28H,8,15-16,18H2,1-7H3,(H,34,37)/t28-/m0/s1. The van der Waals surface area contributed by atoms with Gasteiger partial charge in [-0.3, -0.25) is 9.59 Å². The van der Waals surface area contributed by atoms with Crippen molar-refractivity contribution in [1.82, 2.24) is 20.1 Å². The van der Waals surface area contributed by atoms with Crippen LogP contribution in [0.25, 0.3) is 16.7 Å². The molecular formula is C32H38N4O3. The Morgan fingerprint density at radius 3 is 2.33 bits per heavy atom. The molecule has 7 heteroatoms. The number of amides is 1. The number of aryl methyl sites for hydroxylation is 6. The van der Waals surface area contributed by atoms with E-state index in [2.05, 4.69) is 44.3 Å². The Kier molecular flexibility index (Phi) is 8.48. The van der Waals surface area contributed by atoms with Crippen molar-refractivity contribution in [2.24, 2.45) is 0 Å². The Morgan fingerprint density at radius 1 is 0.949 bits per heavy atom. The van der Waals surface area contributed by atoms with E-state index in [1.165, 1.54) is 11.1 Å². The van der Waals surface area contributed by atoms with E-state index in [1.807, 2.05) is 49.7 Å². The smallest absolute Gasteiger partial charge is 0.308 e. The van der Waals surface area contributed by atoms with Crippen LogP contribution in [-0.2, 0) is 20.7 Å². The second kappa shape index (κ2) is 11.8. The van der Waals surface area contributed by atoms with Crippen LogP contribution < -0.4 is 5.32 Å². The van der Waals surface area contributed by atoms with Crippen LogP contribution in [0.5, 0.6) is 0 Å². The molecule has 0 saturated heterocycles. The number of nitrogens with one attached hydrogen (secondary N) is 1. The van der Waals surface area contributed by atoms with Crippen molar-refractivity contribution in [3.05, 3.63) is 87.2 Å². The summed E-state index contributed by atoms with van der Waals surface area (Å²) in [6.45, 7) is 14.4. The first-order valence-electron chi connectivity index (χ1n) is 13.5. The second-order valence-electron chi connectivity index (χ2n) is 10.3. The molecule has 2 heterocycles. The molecule has 0 radical (unpaired) electrons. The van der Waals surface area contributed by atoms with Crippen LogP contribution in [0.3, 0.4) is 0 Å². The molecular weight excluding hydrogens is 488 g/mol. The van der Waals surface area contributed by atoms with Crippen LogP contribution in [0.1, 0.15) is 70.6 Å². The van der Waals surface area contributed by atoms with Gasteiger partial charge in [-0.25, -0.2) is 9.67 Å². The number of carbonyl (C=O) groups excluding carboxylic acids is 2. The molecule has 0 fully saturated rings. The Hall–Kier alpha value is -4.00. The third kappa shape index (κ3) is 6.19. The largest absolute Gasteiger partial charge is 0.466 e. The quantitative estimate of drug-likeness (QED) is 0.270. The second-order valence-corrected chi connectivity index (χ2v) is 10.3. The molecule has 2 aromatic carbocycles. The van der Waals surface area contributed by atoms with Crippen LogP contribution in [0.15, 0.2) is 42.5 Å². The third-order valence-electron chi connectivity index (χ3n) is 7.40. The zero-order chi connectivity index (χ0) is 28.3. The summed E-state index contributed by atoms with van der Waals surface area (Å²) in [4.78, 5) is 30.3. The predicted octanol–water partition coefficient (Wildman–Crippen LogP) is 6.01. The van der Waals surface area contributed by atoms with E-state index in [9.17, 15) is 9.59 Å². The number of nitrogens with zero attached hydrogens (tertiary/aromatic N) is 3. The molecule has 4 rings (SSSR count). The van der Waals surface area contributed by atoms with Gasteiger partial charge in [0.25, 0.3) is 0 Å². The highest BCUT2D eigenvalue weighted by molar-refractivity contribution is 5.85. The summed E-state index contributed by atoms with van der Waals surface area (Å²) in [5, 5.41) is 8.90. The van der Waals surface area contributed by atoms with Gasteiger partial charge >= 0.3 is 5.97 Å². The number of hydrogen-bond donors (Lipinski definition) is 1. The lowest BCUT2D eigenvalue weighted by Gasteiger charge is -2.19. The topological polar surface area (TPSA) is 86.1 Å². The van der Waals surface area contributed by atoms with Gasteiger partial charge < -0.3 is 10.1 Å². The molecule has 1 atom stereocenters. The fraction of sp³-hybridized carbons (Fsp3) is 0.375. The maximum absolute atomic E-state index is 13.1. The third-order valence-corrected chi connectivity index (χ3v) is 7.40. The fourth-order valence-corrected chi connectivity index (χ4v) is 5.05. The number of rotatable bonds is 9. The van der Waals surface area contributed by atoms with Gasteiger partial charge in [0.2, 0.25) is 5.91 Å². The van der Waals surface area contributed by atoms with Crippen LogP contribution in [0, 0.1) is 41.5 Å².